The molecule has 4 unspecified atom stereocenters. The van der Waals surface area contributed by atoms with E-state index in [-0.39, 0.29) is 31.8 Å². The summed E-state index contributed by atoms with van der Waals surface area (Å²) in [6.45, 7) is 53.2. The Morgan fingerprint density at radius 3 is 1.76 bits per heavy atom. The van der Waals surface area contributed by atoms with Gasteiger partial charge in [0.15, 0.2) is 0 Å². The first-order chi connectivity index (χ1) is 20.6. The Labute approximate surface area is 299 Å². The Balaban J connectivity index is 0. The van der Waals surface area contributed by atoms with E-state index in [1.165, 1.54) is 5.57 Å². The van der Waals surface area contributed by atoms with Crippen LogP contribution in [0.15, 0.2) is 48.2 Å². The third-order valence-corrected chi connectivity index (χ3v) is 11.9. The van der Waals surface area contributed by atoms with Crippen molar-refractivity contribution in [2.75, 3.05) is 6.54 Å². The Kier molecular flexibility index (Phi) is 19.3. The first kappa shape index (κ1) is 47.3. The van der Waals surface area contributed by atoms with Crippen molar-refractivity contribution in [3.05, 3.63) is 48.2 Å². The van der Waals surface area contributed by atoms with Crippen LogP contribution in [0.5, 0.6) is 0 Å². The summed E-state index contributed by atoms with van der Waals surface area (Å²) in [5.41, 5.74) is 3.39. The molecule has 0 aromatic rings. The minimum absolute atomic E-state index is 0.0246. The summed E-state index contributed by atoms with van der Waals surface area (Å²) in [7, 11) is 0. The minimum atomic E-state index is -0.415. The van der Waals surface area contributed by atoms with Crippen LogP contribution in [0.3, 0.4) is 0 Å². The predicted octanol–water partition coefficient (Wildman–Crippen LogP) is 13.4. The van der Waals surface area contributed by atoms with E-state index in [0.717, 1.165) is 41.2 Å². The van der Waals surface area contributed by atoms with Gasteiger partial charge in [0.2, 0.25) is 0 Å². The fourth-order valence-corrected chi connectivity index (χ4v) is 9.63. The number of hydrogen-bond donors (Lipinski definition) is 2. The average molecular weight is 678 g/mol. The number of aliphatic hydroxyl groups is 1. The smallest absolute Gasteiger partial charge is 0.0780 e. The second-order valence-electron chi connectivity index (χ2n) is 17.8. The van der Waals surface area contributed by atoms with Crippen molar-refractivity contribution < 1.29 is 5.11 Å². The van der Waals surface area contributed by atoms with Crippen LogP contribution in [0.25, 0.3) is 0 Å². The van der Waals surface area contributed by atoms with E-state index >= 15 is 0 Å². The molecule has 0 radical (unpaired) electrons. The second-order valence-corrected chi connectivity index (χ2v) is 20.1. The van der Waals surface area contributed by atoms with Crippen molar-refractivity contribution in [1.82, 2.24) is 5.32 Å². The van der Waals surface area contributed by atoms with E-state index in [1.807, 2.05) is 39.5 Å². The summed E-state index contributed by atoms with van der Waals surface area (Å²) in [6.07, 6.45) is 10.00. The van der Waals surface area contributed by atoms with Crippen LogP contribution in [0.2, 0.25) is 0 Å². The van der Waals surface area contributed by atoms with Crippen molar-refractivity contribution in [3.8, 4) is 0 Å². The Bertz CT molecular complexity index is 1040. The van der Waals surface area contributed by atoms with Crippen molar-refractivity contribution >= 4 is 28.2 Å². The topological polar surface area (TPSA) is 32.3 Å². The van der Waals surface area contributed by atoms with Crippen LogP contribution in [0.4, 0.5) is 0 Å². The molecule has 0 heterocycles. The van der Waals surface area contributed by atoms with Crippen LogP contribution < -0.4 is 5.32 Å². The van der Waals surface area contributed by atoms with Gasteiger partial charge in [0.05, 0.1) is 10.3 Å². The largest absolute Gasteiger partial charge is 0.392 e. The third kappa shape index (κ3) is 14.3. The Hall–Kier alpha value is -0.840. The number of allylic oxidation sites excluding steroid dienone is 5. The molecule has 0 spiro atoms. The second kappa shape index (κ2) is 18.8. The molecule has 0 amide bonds. The summed E-state index contributed by atoms with van der Waals surface area (Å²) in [4.78, 5) is 0. The number of thioether (sulfide) groups is 1. The van der Waals surface area contributed by atoms with Crippen LogP contribution in [0.1, 0.15) is 157 Å². The molecule has 0 saturated heterocycles. The molecule has 0 aromatic carbocycles. The van der Waals surface area contributed by atoms with Gasteiger partial charge >= 0.3 is 0 Å². The van der Waals surface area contributed by atoms with Gasteiger partial charge in [-0.15, -0.1) is 11.8 Å². The van der Waals surface area contributed by atoms with Gasteiger partial charge in [-0.1, -0.05) is 160 Å². The summed E-state index contributed by atoms with van der Waals surface area (Å²) in [5, 5.41) is 13.5. The van der Waals surface area contributed by atoms with Gasteiger partial charge in [0, 0.05) is 22.4 Å². The molecule has 0 saturated carbocycles. The fourth-order valence-electron chi connectivity index (χ4n) is 7.58. The fraction of sp³-hybridized carbons (Fsp3) is 0.786. The molecule has 0 rings (SSSR count). The van der Waals surface area contributed by atoms with Gasteiger partial charge in [0.25, 0.3) is 0 Å². The van der Waals surface area contributed by atoms with E-state index in [2.05, 4.69) is 134 Å². The molecule has 0 bridgehead atoms. The number of thiocarbonyl (C=S) groups is 1. The molecule has 2 N–H and O–H groups in total. The lowest BCUT2D eigenvalue weighted by Gasteiger charge is -2.54. The first-order valence-electron chi connectivity index (χ1n) is 17.9. The van der Waals surface area contributed by atoms with Gasteiger partial charge in [-0.2, -0.15) is 0 Å². The lowest BCUT2D eigenvalue weighted by Crippen LogP contribution is -2.47. The highest BCUT2D eigenvalue weighted by molar-refractivity contribution is 8.24. The van der Waals surface area contributed by atoms with Crippen molar-refractivity contribution in [2.45, 2.75) is 168 Å². The number of rotatable bonds is 18. The maximum absolute atomic E-state index is 10.0. The number of hydrogen-bond acceptors (Lipinski definition) is 4. The number of aliphatic hydroxyl groups excluding tert-OH is 1. The summed E-state index contributed by atoms with van der Waals surface area (Å²) < 4.78 is 0.860. The molecule has 0 aliphatic carbocycles. The molecule has 0 aliphatic rings. The monoisotopic (exact) mass is 678 g/mol. The highest BCUT2D eigenvalue weighted by Crippen LogP contribution is 2.59. The lowest BCUT2D eigenvalue weighted by atomic mass is 9.53. The van der Waals surface area contributed by atoms with Gasteiger partial charge in [-0.05, 0) is 85.5 Å². The van der Waals surface area contributed by atoms with E-state index in [0.29, 0.717) is 18.4 Å². The van der Waals surface area contributed by atoms with Crippen molar-refractivity contribution in [1.29, 1.82) is 0 Å². The predicted molar refractivity (Wildman–Crippen MR) is 218 cm³/mol. The number of nitrogens with one attached hydrogen (secondary N) is 1. The Morgan fingerprint density at radius 2 is 1.37 bits per heavy atom. The molecule has 0 aromatic heterocycles. The zero-order valence-electron chi connectivity index (χ0n) is 34.2. The van der Waals surface area contributed by atoms with E-state index in [9.17, 15) is 5.11 Å². The average Bonchev–Trinajstić information content (AvgIpc) is 2.87. The quantitative estimate of drug-likeness (QED) is 0.0654. The summed E-state index contributed by atoms with van der Waals surface area (Å²) >= 11 is 7.83. The van der Waals surface area contributed by atoms with Crippen LogP contribution in [-0.2, 0) is 0 Å². The Morgan fingerprint density at radius 1 is 0.870 bits per heavy atom. The normalized spacial score (nSPS) is 17.5. The highest BCUT2D eigenvalue weighted by Gasteiger charge is 2.50. The van der Waals surface area contributed by atoms with Crippen molar-refractivity contribution in [3.63, 3.8) is 0 Å². The highest BCUT2D eigenvalue weighted by atomic mass is 32.2. The molecule has 4 heteroatoms. The molecule has 270 valence electrons. The maximum Gasteiger partial charge on any atom is 0.0780 e. The molecule has 4 atom stereocenters. The van der Waals surface area contributed by atoms with Gasteiger partial charge in [-0.25, -0.2) is 0 Å². The summed E-state index contributed by atoms with van der Waals surface area (Å²) in [6, 6.07) is 0. The third-order valence-electron chi connectivity index (χ3n) is 10.2. The first-order valence-corrected chi connectivity index (χ1v) is 19.1. The molecular formula is C42H79NOS2. The SMILES string of the molecule is C=C(CC(C)(C)C)C(C)(CC(C)(C)CC(C)(C)C(C)(CC(C)C)C(=C)NCC(C)O)C(C)C(C)(C)SC(=S)C(/C=C\C)=C/C.CC. The zero-order valence-corrected chi connectivity index (χ0v) is 35.8. The standard InChI is InChI=1S/C40H73NOS2.C2H6/c1-20-22-33(21-2)34(43)44-38(16,17)31(7)39(18,29(5)24-35(9,10)11)27-36(12,13)26-37(14,15)40(19,23-28(3)4)32(8)41-25-30(6)42;1-2/h20-22,28,30-31,41-42H,5,8,23-27H2,1-4,6-7,9-19H3;1-2H3/b22-20-,33-21+;. The molecule has 0 aliphatic heterocycles. The maximum atomic E-state index is 10.0. The molecule has 0 fully saturated rings. The summed E-state index contributed by atoms with van der Waals surface area (Å²) in [5.74, 6) is 0.847. The molecule has 2 nitrogen and oxygen atoms in total. The van der Waals surface area contributed by atoms with E-state index in [1.54, 1.807) is 0 Å². The van der Waals surface area contributed by atoms with Gasteiger partial charge < -0.3 is 10.4 Å². The lowest BCUT2D eigenvalue weighted by molar-refractivity contribution is 0.0179. The molecular weight excluding hydrogens is 599 g/mol. The van der Waals surface area contributed by atoms with Crippen molar-refractivity contribution in [2.24, 2.45) is 38.9 Å². The van der Waals surface area contributed by atoms with Crippen LogP contribution in [-0.4, -0.2) is 26.7 Å². The van der Waals surface area contributed by atoms with Crippen LogP contribution in [0, 0.1) is 38.9 Å². The molecule has 46 heavy (non-hydrogen) atoms. The van der Waals surface area contributed by atoms with Crippen LogP contribution >= 0.6 is 24.0 Å². The van der Waals surface area contributed by atoms with Gasteiger partial charge in [-0.3, -0.25) is 0 Å². The van der Waals surface area contributed by atoms with E-state index < -0.39 is 6.10 Å². The van der Waals surface area contributed by atoms with E-state index in [4.69, 9.17) is 18.8 Å². The minimum Gasteiger partial charge on any atom is -0.392 e. The van der Waals surface area contributed by atoms with Gasteiger partial charge in [0.1, 0.15) is 0 Å². The zero-order chi connectivity index (χ0) is 37.1.